The lowest BCUT2D eigenvalue weighted by molar-refractivity contribution is 0.0952. The topological polar surface area (TPSA) is 34.9 Å². The molecule has 0 fully saturated rings. The van der Waals surface area contributed by atoms with Crippen LogP contribution in [-0.4, -0.2) is 15.6 Å². The van der Waals surface area contributed by atoms with Gasteiger partial charge >= 0.3 is 0 Å². The fourth-order valence-electron chi connectivity index (χ4n) is 1.32. The summed E-state index contributed by atoms with van der Waals surface area (Å²) in [5.41, 5.74) is 0.581. The highest BCUT2D eigenvalue weighted by atomic mass is 35.5. The zero-order valence-corrected chi connectivity index (χ0v) is 6.64. The van der Waals surface area contributed by atoms with E-state index in [-0.39, 0.29) is 5.78 Å². The number of carbonyl (C=O) groups is 1. The van der Waals surface area contributed by atoms with Crippen molar-refractivity contribution in [3.63, 3.8) is 0 Å². The number of fused-ring (bicyclic) bond motifs is 1. The van der Waals surface area contributed by atoms with Crippen LogP contribution in [0.4, 0.5) is 0 Å². The predicted molar refractivity (Wildman–Crippen MR) is 40.8 cm³/mol. The largest absolute Gasteiger partial charge is 0.292 e. The van der Waals surface area contributed by atoms with Gasteiger partial charge in [-0.3, -0.25) is 9.48 Å². The van der Waals surface area contributed by atoms with Crippen LogP contribution in [0, 0.1) is 0 Å². The van der Waals surface area contributed by atoms with E-state index in [1.807, 2.05) is 0 Å². The maximum absolute atomic E-state index is 11.2. The molecule has 1 aromatic rings. The number of carbonyl (C=O) groups excluding carboxylic acids is 1. The van der Waals surface area contributed by atoms with Gasteiger partial charge in [0.25, 0.3) is 0 Å². The normalized spacial score (nSPS) is 16.6. The second-order valence-electron chi connectivity index (χ2n) is 2.59. The number of halogens is 1. The lowest BCUT2D eigenvalue weighted by atomic mass is 10.1. The molecule has 0 radical (unpaired) electrons. The fraction of sp³-hybridized carbons (Fsp3) is 0.429. The quantitative estimate of drug-likeness (QED) is 0.592. The van der Waals surface area contributed by atoms with Gasteiger partial charge in [0.05, 0.1) is 11.2 Å². The van der Waals surface area contributed by atoms with Crippen LogP contribution in [0.2, 0.25) is 5.02 Å². The van der Waals surface area contributed by atoms with Gasteiger partial charge in [0.1, 0.15) is 5.69 Å². The summed E-state index contributed by atoms with van der Waals surface area (Å²) in [5, 5.41) is 4.45. The number of aromatic nitrogens is 2. The molecule has 1 aliphatic rings. The lowest BCUT2D eigenvalue weighted by Gasteiger charge is -2.11. The molecule has 3 nitrogen and oxygen atoms in total. The molecule has 0 unspecified atom stereocenters. The number of hydrogen-bond donors (Lipinski definition) is 0. The average molecular weight is 171 g/mol. The molecule has 0 bridgehead atoms. The lowest BCUT2D eigenvalue weighted by Crippen LogP contribution is -2.17. The minimum atomic E-state index is 0.110. The number of rotatable bonds is 0. The first kappa shape index (κ1) is 6.85. The van der Waals surface area contributed by atoms with Gasteiger partial charge in [-0.2, -0.15) is 5.10 Å². The summed E-state index contributed by atoms with van der Waals surface area (Å²) in [4.78, 5) is 11.2. The zero-order valence-electron chi connectivity index (χ0n) is 5.88. The maximum atomic E-state index is 11.2. The predicted octanol–water partition coefficient (Wildman–Crippen LogP) is 1.51. The van der Waals surface area contributed by atoms with Crippen LogP contribution in [-0.2, 0) is 6.54 Å². The van der Waals surface area contributed by atoms with Crippen molar-refractivity contribution in [2.75, 3.05) is 0 Å². The first-order chi connectivity index (χ1) is 5.29. The second-order valence-corrected chi connectivity index (χ2v) is 3.00. The van der Waals surface area contributed by atoms with Crippen molar-refractivity contribution in [2.24, 2.45) is 0 Å². The molecule has 2 rings (SSSR count). The van der Waals surface area contributed by atoms with Gasteiger partial charge in [0.2, 0.25) is 0 Å². The molecule has 0 saturated carbocycles. The third-order valence-electron chi connectivity index (χ3n) is 1.83. The number of aryl methyl sites for hydroxylation is 1. The van der Waals surface area contributed by atoms with E-state index in [2.05, 4.69) is 5.10 Å². The summed E-state index contributed by atoms with van der Waals surface area (Å²) >= 11 is 5.75. The smallest absolute Gasteiger partial charge is 0.182 e. The Morgan fingerprint density at radius 1 is 1.64 bits per heavy atom. The van der Waals surface area contributed by atoms with E-state index in [0.29, 0.717) is 17.1 Å². The molecule has 0 atom stereocenters. The van der Waals surface area contributed by atoms with Crippen molar-refractivity contribution in [1.29, 1.82) is 0 Å². The Labute approximate surface area is 69.0 Å². The third-order valence-corrected chi connectivity index (χ3v) is 2.11. The Morgan fingerprint density at radius 3 is 3.18 bits per heavy atom. The summed E-state index contributed by atoms with van der Waals surface area (Å²) in [6.07, 6.45) is 3.01. The summed E-state index contributed by atoms with van der Waals surface area (Å²) in [6, 6.07) is 0. The summed E-state index contributed by atoms with van der Waals surface area (Å²) in [7, 11) is 0. The first-order valence-corrected chi connectivity index (χ1v) is 3.91. The van der Waals surface area contributed by atoms with Gasteiger partial charge in [-0.15, -0.1) is 0 Å². The number of hydrogen-bond acceptors (Lipinski definition) is 2. The third kappa shape index (κ3) is 0.959. The summed E-state index contributed by atoms with van der Waals surface area (Å²) in [5.74, 6) is 0.110. The Morgan fingerprint density at radius 2 is 2.45 bits per heavy atom. The molecule has 0 aromatic carbocycles. The molecular weight excluding hydrogens is 164 g/mol. The Hall–Kier alpha value is -0.830. The van der Waals surface area contributed by atoms with Crippen molar-refractivity contribution in [1.82, 2.24) is 9.78 Å². The van der Waals surface area contributed by atoms with Crippen LogP contribution >= 0.6 is 11.6 Å². The first-order valence-electron chi connectivity index (χ1n) is 3.53. The monoisotopic (exact) mass is 170 g/mol. The Bertz CT molecular complexity index is 305. The molecule has 0 aliphatic carbocycles. The van der Waals surface area contributed by atoms with E-state index in [1.165, 1.54) is 6.20 Å². The zero-order chi connectivity index (χ0) is 7.84. The van der Waals surface area contributed by atoms with Crippen molar-refractivity contribution < 1.29 is 4.79 Å². The molecular formula is C7H7ClN2O. The fourth-order valence-corrected chi connectivity index (χ4v) is 1.56. The van der Waals surface area contributed by atoms with Gasteiger partial charge in [0, 0.05) is 13.0 Å². The molecule has 11 heavy (non-hydrogen) atoms. The van der Waals surface area contributed by atoms with E-state index >= 15 is 0 Å². The SMILES string of the molecule is O=C1CCCn2ncc(Cl)c21. The van der Waals surface area contributed by atoms with Crippen LogP contribution in [0.1, 0.15) is 23.3 Å². The molecule has 0 saturated heterocycles. The van der Waals surface area contributed by atoms with Crippen LogP contribution in [0.5, 0.6) is 0 Å². The molecule has 1 aromatic heterocycles. The van der Waals surface area contributed by atoms with Crippen LogP contribution in [0.3, 0.4) is 0 Å². The molecule has 2 heterocycles. The second kappa shape index (κ2) is 2.34. The average Bonchev–Trinajstić information content (AvgIpc) is 2.34. The molecule has 0 amide bonds. The minimum Gasteiger partial charge on any atom is -0.292 e. The highest BCUT2D eigenvalue weighted by molar-refractivity contribution is 6.33. The standard InChI is InChI=1S/C7H7ClN2O/c8-5-4-9-10-3-1-2-6(11)7(5)10/h4H,1-3H2. The number of ketones is 1. The van der Waals surface area contributed by atoms with Crippen LogP contribution < -0.4 is 0 Å². The highest BCUT2D eigenvalue weighted by Crippen LogP contribution is 2.21. The van der Waals surface area contributed by atoms with E-state index < -0.39 is 0 Å². The summed E-state index contributed by atoms with van der Waals surface area (Å²) < 4.78 is 1.67. The Kier molecular flexibility index (Phi) is 1.46. The molecule has 0 N–H and O–H groups in total. The van der Waals surface area contributed by atoms with Gasteiger partial charge in [-0.1, -0.05) is 11.6 Å². The molecule has 1 aliphatic heterocycles. The molecule has 58 valence electrons. The van der Waals surface area contributed by atoms with E-state index in [9.17, 15) is 4.79 Å². The van der Waals surface area contributed by atoms with Gasteiger partial charge in [0.15, 0.2) is 5.78 Å². The van der Waals surface area contributed by atoms with Crippen molar-refractivity contribution in [3.05, 3.63) is 16.9 Å². The Balaban J connectivity index is 2.56. The minimum absolute atomic E-state index is 0.110. The van der Waals surface area contributed by atoms with Crippen LogP contribution in [0.25, 0.3) is 0 Å². The van der Waals surface area contributed by atoms with E-state index in [4.69, 9.17) is 11.6 Å². The van der Waals surface area contributed by atoms with Crippen molar-refractivity contribution in [2.45, 2.75) is 19.4 Å². The highest BCUT2D eigenvalue weighted by Gasteiger charge is 2.20. The van der Waals surface area contributed by atoms with E-state index in [0.717, 1.165) is 13.0 Å². The summed E-state index contributed by atoms with van der Waals surface area (Å²) in [6.45, 7) is 0.813. The molecule has 4 heteroatoms. The van der Waals surface area contributed by atoms with Crippen molar-refractivity contribution in [3.8, 4) is 0 Å². The van der Waals surface area contributed by atoms with Gasteiger partial charge in [-0.05, 0) is 6.42 Å². The van der Waals surface area contributed by atoms with Crippen molar-refractivity contribution >= 4 is 17.4 Å². The van der Waals surface area contributed by atoms with E-state index in [1.54, 1.807) is 4.68 Å². The number of nitrogens with zero attached hydrogens (tertiary/aromatic N) is 2. The van der Waals surface area contributed by atoms with Crippen LogP contribution in [0.15, 0.2) is 6.20 Å². The maximum Gasteiger partial charge on any atom is 0.182 e. The number of Topliss-reactive ketones (excluding diaryl/α,β-unsaturated/α-hetero) is 1. The van der Waals surface area contributed by atoms with Gasteiger partial charge < -0.3 is 0 Å². The molecule has 0 spiro atoms. The van der Waals surface area contributed by atoms with Gasteiger partial charge in [-0.25, -0.2) is 0 Å².